The van der Waals surface area contributed by atoms with Crippen LogP contribution in [0.25, 0.3) is 0 Å². The Balaban J connectivity index is 1.70. The second-order valence-electron chi connectivity index (χ2n) is 5.65. The molecule has 1 atom stereocenters. The van der Waals surface area contributed by atoms with Crippen LogP contribution in [0.1, 0.15) is 29.2 Å². The first-order chi connectivity index (χ1) is 13.0. The summed E-state index contributed by atoms with van der Waals surface area (Å²) >= 11 is 0. The number of hydrogen-bond donors (Lipinski definition) is 1. The largest absolute Gasteiger partial charge is 0.452 e. The molecule has 3 rings (SSSR count). The van der Waals surface area contributed by atoms with Crippen molar-refractivity contribution in [2.75, 3.05) is 12.0 Å². The minimum absolute atomic E-state index is 0.0240. The van der Waals surface area contributed by atoms with E-state index in [-0.39, 0.29) is 23.0 Å². The van der Waals surface area contributed by atoms with Crippen LogP contribution in [0, 0.1) is 20.2 Å². The van der Waals surface area contributed by atoms with Gasteiger partial charge in [0.05, 0.1) is 22.1 Å². The van der Waals surface area contributed by atoms with Gasteiger partial charge in [0.25, 0.3) is 5.69 Å². The number of ketones is 1. The first kappa shape index (κ1) is 18.2. The van der Waals surface area contributed by atoms with Crippen LogP contribution < -0.4 is 5.43 Å². The summed E-state index contributed by atoms with van der Waals surface area (Å²) in [6, 6.07) is 6.17. The van der Waals surface area contributed by atoms with Gasteiger partial charge >= 0.3 is 5.69 Å². The van der Waals surface area contributed by atoms with Crippen LogP contribution in [0.4, 0.5) is 17.1 Å². The Morgan fingerprint density at radius 1 is 1.22 bits per heavy atom. The molecule has 1 aromatic heterocycles. The molecule has 1 aliphatic heterocycles. The minimum Gasteiger partial charge on any atom is -0.452 e. The highest BCUT2D eigenvalue weighted by Crippen LogP contribution is 2.28. The molecule has 27 heavy (non-hydrogen) atoms. The van der Waals surface area contributed by atoms with Crippen molar-refractivity contribution >= 4 is 29.1 Å². The van der Waals surface area contributed by atoms with Crippen LogP contribution in [0.5, 0.6) is 0 Å². The number of anilines is 1. The highest BCUT2D eigenvalue weighted by Gasteiger charge is 2.27. The molecule has 2 aromatic rings. The Labute approximate surface area is 151 Å². The topological polar surface area (TPSA) is 150 Å². The first-order valence-electron chi connectivity index (χ1n) is 7.93. The molecule has 1 saturated heterocycles. The molecular formula is C16H14N4O7. The summed E-state index contributed by atoms with van der Waals surface area (Å²) in [4.78, 5) is 32.5. The molecule has 0 bridgehead atoms. The molecule has 0 amide bonds. The van der Waals surface area contributed by atoms with Gasteiger partial charge in [0.1, 0.15) is 17.6 Å². The van der Waals surface area contributed by atoms with Gasteiger partial charge in [0, 0.05) is 12.7 Å². The predicted molar refractivity (Wildman–Crippen MR) is 93.0 cm³/mol. The van der Waals surface area contributed by atoms with E-state index in [1.165, 1.54) is 24.4 Å². The number of nitro benzene ring substituents is 2. The number of rotatable bonds is 7. The number of benzene rings is 1. The van der Waals surface area contributed by atoms with E-state index in [9.17, 15) is 25.0 Å². The number of hydrogen-bond acceptors (Lipinski definition) is 9. The third kappa shape index (κ3) is 4.15. The molecule has 1 N–H and O–H groups in total. The van der Waals surface area contributed by atoms with Crippen LogP contribution in [0.15, 0.2) is 39.9 Å². The number of hydrazone groups is 1. The van der Waals surface area contributed by atoms with E-state index in [4.69, 9.17) is 9.15 Å². The highest BCUT2D eigenvalue weighted by atomic mass is 16.6. The van der Waals surface area contributed by atoms with Crippen molar-refractivity contribution in [1.29, 1.82) is 0 Å². The van der Waals surface area contributed by atoms with Gasteiger partial charge in [-0.05, 0) is 31.0 Å². The van der Waals surface area contributed by atoms with Crippen LogP contribution >= 0.6 is 0 Å². The van der Waals surface area contributed by atoms with Gasteiger partial charge in [-0.15, -0.1) is 0 Å². The maximum Gasteiger partial charge on any atom is 0.301 e. The fourth-order valence-corrected chi connectivity index (χ4v) is 2.54. The number of furan rings is 1. The number of Topliss-reactive ketones (excluding diaryl/α,β-unsaturated/α-hetero) is 1. The number of carbonyl (C=O) groups excluding carboxylic acids is 1. The lowest BCUT2D eigenvalue weighted by molar-refractivity contribution is -0.393. The predicted octanol–water partition coefficient (Wildman–Crippen LogP) is 2.90. The normalized spacial score (nSPS) is 16.5. The minimum atomic E-state index is -0.754. The molecule has 140 valence electrons. The fraction of sp³-hybridized carbons (Fsp3) is 0.250. The van der Waals surface area contributed by atoms with E-state index in [1.807, 2.05) is 0 Å². The average Bonchev–Trinajstić information content (AvgIpc) is 3.33. The second-order valence-corrected chi connectivity index (χ2v) is 5.65. The van der Waals surface area contributed by atoms with E-state index < -0.39 is 27.3 Å². The lowest BCUT2D eigenvalue weighted by Gasteiger charge is -2.04. The molecule has 1 fully saturated rings. The smallest absolute Gasteiger partial charge is 0.301 e. The van der Waals surface area contributed by atoms with Crippen molar-refractivity contribution in [3.63, 3.8) is 0 Å². The standard InChI is InChI=1S/C16H14N4O7/c21-16(14-2-1-7-26-14)15-6-4-11(27-15)9-17-18-12-5-3-10(19(22)23)8-13(12)20(24)25/h3-6,8-9,14,18H,1-2,7H2/b17-9+. The number of nitrogens with one attached hydrogen (secondary N) is 1. The third-order valence-corrected chi connectivity index (χ3v) is 3.86. The monoisotopic (exact) mass is 374 g/mol. The highest BCUT2D eigenvalue weighted by molar-refractivity contribution is 5.97. The van der Waals surface area contributed by atoms with E-state index in [1.54, 1.807) is 0 Å². The number of nitro groups is 2. The molecule has 1 aliphatic rings. The van der Waals surface area contributed by atoms with Gasteiger partial charge in [0.15, 0.2) is 5.76 Å². The van der Waals surface area contributed by atoms with Gasteiger partial charge in [-0.2, -0.15) is 5.10 Å². The quantitative estimate of drug-likeness (QED) is 0.336. The van der Waals surface area contributed by atoms with Crippen molar-refractivity contribution in [3.8, 4) is 0 Å². The summed E-state index contributed by atoms with van der Waals surface area (Å²) in [5, 5.41) is 25.6. The molecular weight excluding hydrogens is 360 g/mol. The molecule has 0 radical (unpaired) electrons. The van der Waals surface area contributed by atoms with E-state index in [0.29, 0.717) is 13.0 Å². The van der Waals surface area contributed by atoms with Crippen LogP contribution in [-0.2, 0) is 4.74 Å². The summed E-state index contributed by atoms with van der Waals surface area (Å²) in [6.07, 6.45) is 2.21. The summed E-state index contributed by atoms with van der Waals surface area (Å²) in [6.45, 7) is 0.545. The molecule has 1 unspecified atom stereocenters. The Hall–Kier alpha value is -3.60. The maximum absolute atomic E-state index is 12.2. The van der Waals surface area contributed by atoms with Gasteiger partial charge in [0.2, 0.25) is 5.78 Å². The Morgan fingerprint density at radius 2 is 2.04 bits per heavy atom. The Bertz CT molecular complexity index is 915. The lowest BCUT2D eigenvalue weighted by atomic mass is 10.1. The summed E-state index contributed by atoms with van der Waals surface area (Å²) in [7, 11) is 0. The first-order valence-corrected chi connectivity index (χ1v) is 7.93. The zero-order valence-corrected chi connectivity index (χ0v) is 13.9. The molecule has 11 nitrogen and oxygen atoms in total. The van der Waals surface area contributed by atoms with E-state index in [0.717, 1.165) is 18.6 Å². The molecule has 11 heteroatoms. The number of nitrogens with zero attached hydrogens (tertiary/aromatic N) is 3. The van der Waals surface area contributed by atoms with E-state index >= 15 is 0 Å². The molecule has 0 spiro atoms. The van der Waals surface area contributed by atoms with Crippen molar-refractivity contribution in [1.82, 2.24) is 0 Å². The summed E-state index contributed by atoms with van der Waals surface area (Å²) < 4.78 is 10.7. The Kier molecular flexibility index (Phi) is 5.22. The maximum atomic E-state index is 12.2. The van der Waals surface area contributed by atoms with E-state index in [2.05, 4.69) is 10.5 Å². The summed E-state index contributed by atoms with van der Waals surface area (Å²) in [5.41, 5.74) is 1.52. The van der Waals surface area contributed by atoms with Crippen LogP contribution in [0.3, 0.4) is 0 Å². The average molecular weight is 374 g/mol. The summed E-state index contributed by atoms with van der Waals surface area (Å²) in [5.74, 6) is 0.157. The van der Waals surface area contributed by atoms with Gasteiger partial charge in [-0.25, -0.2) is 0 Å². The van der Waals surface area contributed by atoms with Gasteiger partial charge < -0.3 is 9.15 Å². The Morgan fingerprint density at radius 3 is 2.70 bits per heavy atom. The zero-order chi connectivity index (χ0) is 19.4. The SMILES string of the molecule is O=C(c1ccc(/C=N/Nc2ccc([N+](=O)[O-])cc2[N+](=O)[O-])o1)C1CCCO1. The van der Waals surface area contributed by atoms with Crippen LogP contribution in [0.2, 0.25) is 0 Å². The number of carbonyl (C=O) groups is 1. The lowest BCUT2D eigenvalue weighted by Crippen LogP contribution is -2.18. The molecule has 1 aromatic carbocycles. The van der Waals surface area contributed by atoms with Crippen molar-refractivity contribution in [2.45, 2.75) is 18.9 Å². The zero-order valence-electron chi connectivity index (χ0n) is 13.9. The van der Waals surface area contributed by atoms with Gasteiger partial charge in [-0.1, -0.05) is 0 Å². The van der Waals surface area contributed by atoms with Gasteiger partial charge in [-0.3, -0.25) is 30.4 Å². The second kappa shape index (κ2) is 7.74. The molecule has 0 saturated carbocycles. The van der Waals surface area contributed by atoms with Crippen molar-refractivity contribution in [3.05, 3.63) is 62.1 Å². The number of non-ortho nitro benzene ring substituents is 1. The third-order valence-electron chi connectivity index (χ3n) is 3.86. The molecule has 2 heterocycles. The van der Waals surface area contributed by atoms with Crippen molar-refractivity contribution < 1.29 is 23.8 Å². The molecule has 0 aliphatic carbocycles. The fourth-order valence-electron chi connectivity index (χ4n) is 2.54. The number of ether oxygens (including phenoxy) is 1. The van der Waals surface area contributed by atoms with Crippen molar-refractivity contribution in [2.24, 2.45) is 5.10 Å². The van der Waals surface area contributed by atoms with Crippen LogP contribution in [-0.4, -0.2) is 34.6 Å².